The van der Waals surface area contributed by atoms with Crippen molar-refractivity contribution in [1.82, 2.24) is 0 Å². The molecule has 1 aliphatic rings. The first-order chi connectivity index (χ1) is 8.16. The fourth-order valence-corrected chi connectivity index (χ4v) is 2.37. The molecule has 1 nitrogen and oxygen atoms in total. The van der Waals surface area contributed by atoms with Gasteiger partial charge in [0.2, 0.25) is 0 Å². The minimum atomic E-state index is 0.318. The van der Waals surface area contributed by atoms with Crippen molar-refractivity contribution < 1.29 is 4.79 Å². The van der Waals surface area contributed by atoms with Crippen LogP contribution in [0.5, 0.6) is 0 Å². The van der Waals surface area contributed by atoms with Crippen LogP contribution in [-0.2, 0) is 11.2 Å². The summed E-state index contributed by atoms with van der Waals surface area (Å²) in [6, 6.07) is 6.34. The molecule has 0 N–H and O–H groups in total. The highest BCUT2D eigenvalue weighted by atomic mass is 16.1. The van der Waals surface area contributed by atoms with Gasteiger partial charge in [0.15, 0.2) is 5.78 Å². The van der Waals surface area contributed by atoms with Crippen LogP contribution in [0.2, 0.25) is 0 Å². The van der Waals surface area contributed by atoms with Gasteiger partial charge in [0.1, 0.15) is 0 Å². The van der Waals surface area contributed by atoms with E-state index in [-0.39, 0.29) is 0 Å². The predicted octanol–water partition coefficient (Wildman–Crippen LogP) is 3.92. The predicted molar refractivity (Wildman–Crippen MR) is 71.2 cm³/mol. The number of hydrogen-bond donors (Lipinski definition) is 0. The van der Waals surface area contributed by atoms with E-state index in [1.54, 1.807) is 0 Å². The van der Waals surface area contributed by atoms with Gasteiger partial charge in [0.05, 0.1) is 0 Å². The lowest BCUT2D eigenvalue weighted by Crippen LogP contribution is -2.10. The molecule has 0 unspecified atom stereocenters. The van der Waals surface area contributed by atoms with Crippen molar-refractivity contribution in [3.05, 3.63) is 46.5 Å². The largest absolute Gasteiger partial charge is 0.294 e. The summed E-state index contributed by atoms with van der Waals surface area (Å²) >= 11 is 0. The third-order valence-corrected chi connectivity index (χ3v) is 3.50. The van der Waals surface area contributed by atoms with Crippen molar-refractivity contribution in [3.63, 3.8) is 0 Å². The molecule has 1 heteroatoms. The Labute approximate surface area is 104 Å². The minimum absolute atomic E-state index is 0.318. The number of Topliss-reactive ketones (excluding diaryl/α,β-unsaturated/α-hetero) is 1. The third kappa shape index (κ3) is 3.06. The normalized spacial score (nSPS) is 15.5. The first-order valence-corrected chi connectivity index (χ1v) is 6.45. The Morgan fingerprint density at radius 3 is 2.76 bits per heavy atom. The molecule has 0 amide bonds. The molecule has 0 spiro atoms. The van der Waals surface area contributed by atoms with Gasteiger partial charge in [-0.25, -0.2) is 0 Å². The Kier molecular flexibility index (Phi) is 3.78. The smallest absolute Gasteiger partial charge is 0.162 e. The van der Waals surface area contributed by atoms with Crippen molar-refractivity contribution in [2.45, 2.75) is 46.0 Å². The summed E-state index contributed by atoms with van der Waals surface area (Å²) in [5.74, 6) is 0.318. The van der Waals surface area contributed by atoms with Crippen LogP contribution in [-0.4, -0.2) is 5.78 Å². The SMILES string of the molecule is Cc1ccc(C)c(CC(=O)C2=CCCCC2)c1. The maximum Gasteiger partial charge on any atom is 0.162 e. The van der Waals surface area contributed by atoms with Crippen LogP contribution in [0.3, 0.4) is 0 Å². The standard InChI is InChI=1S/C16H20O/c1-12-8-9-13(2)15(10-12)11-16(17)14-6-4-3-5-7-14/h6,8-10H,3-5,7,11H2,1-2H3. The fourth-order valence-electron chi connectivity index (χ4n) is 2.37. The third-order valence-electron chi connectivity index (χ3n) is 3.50. The summed E-state index contributed by atoms with van der Waals surface area (Å²) in [5.41, 5.74) is 4.69. The molecule has 2 rings (SSSR count). The van der Waals surface area contributed by atoms with Crippen LogP contribution in [0.25, 0.3) is 0 Å². The zero-order chi connectivity index (χ0) is 12.3. The molecule has 0 bridgehead atoms. The van der Waals surface area contributed by atoms with Crippen molar-refractivity contribution in [3.8, 4) is 0 Å². The first kappa shape index (κ1) is 12.1. The van der Waals surface area contributed by atoms with Gasteiger partial charge in [-0.2, -0.15) is 0 Å². The molecule has 1 aromatic rings. The Hall–Kier alpha value is -1.37. The summed E-state index contributed by atoms with van der Waals surface area (Å²) in [6.45, 7) is 4.16. The second kappa shape index (κ2) is 5.31. The number of carbonyl (C=O) groups excluding carboxylic acids is 1. The van der Waals surface area contributed by atoms with Gasteiger partial charge < -0.3 is 0 Å². The van der Waals surface area contributed by atoms with E-state index < -0.39 is 0 Å². The van der Waals surface area contributed by atoms with E-state index >= 15 is 0 Å². The van der Waals surface area contributed by atoms with Crippen LogP contribution in [0, 0.1) is 13.8 Å². The Morgan fingerprint density at radius 1 is 1.24 bits per heavy atom. The molecule has 0 radical (unpaired) electrons. The summed E-state index contributed by atoms with van der Waals surface area (Å²) in [4.78, 5) is 12.2. The van der Waals surface area contributed by atoms with Gasteiger partial charge in [0, 0.05) is 6.42 Å². The van der Waals surface area contributed by atoms with E-state index in [2.05, 4.69) is 38.1 Å². The molecule has 17 heavy (non-hydrogen) atoms. The highest BCUT2D eigenvalue weighted by Crippen LogP contribution is 2.20. The lowest BCUT2D eigenvalue weighted by Gasteiger charge is -2.12. The zero-order valence-corrected chi connectivity index (χ0v) is 10.8. The maximum absolute atomic E-state index is 12.2. The lowest BCUT2D eigenvalue weighted by molar-refractivity contribution is -0.115. The van der Waals surface area contributed by atoms with E-state index in [0.717, 1.165) is 18.4 Å². The average Bonchev–Trinajstić information content (AvgIpc) is 2.35. The first-order valence-electron chi connectivity index (χ1n) is 6.45. The van der Waals surface area contributed by atoms with Crippen LogP contribution < -0.4 is 0 Å². The minimum Gasteiger partial charge on any atom is -0.294 e. The van der Waals surface area contributed by atoms with Gasteiger partial charge in [-0.1, -0.05) is 29.8 Å². The molecular formula is C16H20O. The second-order valence-electron chi connectivity index (χ2n) is 5.01. The summed E-state index contributed by atoms with van der Waals surface area (Å²) in [5, 5.41) is 0. The number of benzene rings is 1. The lowest BCUT2D eigenvalue weighted by atomic mass is 9.92. The molecular weight excluding hydrogens is 208 g/mol. The molecule has 90 valence electrons. The van der Waals surface area contributed by atoms with Gasteiger partial charge in [-0.3, -0.25) is 4.79 Å². The molecule has 1 aromatic carbocycles. The van der Waals surface area contributed by atoms with E-state index in [0.29, 0.717) is 12.2 Å². The van der Waals surface area contributed by atoms with E-state index in [1.807, 2.05) is 0 Å². The molecule has 0 aromatic heterocycles. The van der Waals surface area contributed by atoms with Gasteiger partial charge >= 0.3 is 0 Å². The highest BCUT2D eigenvalue weighted by molar-refractivity contribution is 5.97. The van der Waals surface area contributed by atoms with Gasteiger partial charge in [0.25, 0.3) is 0 Å². The average molecular weight is 228 g/mol. The van der Waals surface area contributed by atoms with E-state index in [9.17, 15) is 4.79 Å². The number of ketones is 1. The summed E-state index contributed by atoms with van der Waals surface area (Å²) in [6.07, 6.45) is 7.17. The maximum atomic E-state index is 12.2. The molecule has 0 aliphatic heterocycles. The number of hydrogen-bond acceptors (Lipinski definition) is 1. The van der Waals surface area contributed by atoms with Crippen LogP contribution in [0.15, 0.2) is 29.8 Å². The van der Waals surface area contributed by atoms with Crippen LogP contribution in [0.1, 0.15) is 42.4 Å². The Balaban J connectivity index is 2.12. The van der Waals surface area contributed by atoms with Crippen molar-refractivity contribution in [2.75, 3.05) is 0 Å². The number of carbonyl (C=O) groups is 1. The van der Waals surface area contributed by atoms with Crippen LogP contribution >= 0.6 is 0 Å². The molecule has 0 atom stereocenters. The summed E-state index contributed by atoms with van der Waals surface area (Å²) < 4.78 is 0. The molecule has 0 saturated carbocycles. The number of rotatable bonds is 3. The zero-order valence-electron chi connectivity index (χ0n) is 10.8. The quantitative estimate of drug-likeness (QED) is 0.766. The van der Waals surface area contributed by atoms with Crippen molar-refractivity contribution >= 4 is 5.78 Å². The van der Waals surface area contributed by atoms with Crippen molar-refractivity contribution in [2.24, 2.45) is 0 Å². The van der Waals surface area contributed by atoms with Crippen LogP contribution in [0.4, 0.5) is 0 Å². The Morgan fingerprint density at radius 2 is 2.06 bits per heavy atom. The fraction of sp³-hybridized carbons (Fsp3) is 0.438. The molecule has 1 aliphatic carbocycles. The topological polar surface area (TPSA) is 17.1 Å². The molecule has 0 saturated heterocycles. The highest BCUT2D eigenvalue weighted by Gasteiger charge is 2.13. The molecule has 0 fully saturated rings. The summed E-state index contributed by atoms with van der Waals surface area (Å²) in [7, 11) is 0. The van der Waals surface area contributed by atoms with E-state index in [4.69, 9.17) is 0 Å². The number of aryl methyl sites for hydroxylation is 2. The molecule has 0 heterocycles. The monoisotopic (exact) mass is 228 g/mol. The number of allylic oxidation sites excluding steroid dienone is 2. The van der Waals surface area contributed by atoms with Crippen molar-refractivity contribution in [1.29, 1.82) is 0 Å². The van der Waals surface area contributed by atoms with Gasteiger partial charge in [-0.05, 0) is 56.2 Å². The second-order valence-corrected chi connectivity index (χ2v) is 5.01. The van der Waals surface area contributed by atoms with E-state index in [1.165, 1.54) is 29.5 Å². The van der Waals surface area contributed by atoms with Gasteiger partial charge in [-0.15, -0.1) is 0 Å². The Bertz CT molecular complexity index is 455.